The summed E-state index contributed by atoms with van der Waals surface area (Å²) in [4.78, 5) is 19.3. The number of ether oxygens (including phenoxy) is 4. The van der Waals surface area contributed by atoms with Crippen molar-refractivity contribution >= 4 is 5.91 Å². The van der Waals surface area contributed by atoms with Gasteiger partial charge in [0.1, 0.15) is 5.75 Å². The first-order valence-electron chi connectivity index (χ1n) is 10.2. The van der Waals surface area contributed by atoms with Crippen LogP contribution in [-0.2, 0) is 16.8 Å². The number of piperidine rings is 1. The third-order valence-electron chi connectivity index (χ3n) is 6.16. The number of rotatable bonds is 4. The molecule has 1 aromatic heterocycles. The SMILES string of the molecule is COc1cc2c(cc1OC)C1(CCN(C(=O)c3cc(C)ncc3OC)CC1)OCC2. The second-order valence-corrected chi connectivity index (χ2v) is 7.78. The number of hydrogen-bond donors (Lipinski definition) is 0. The predicted octanol–water partition coefficient (Wildman–Crippen LogP) is 3.12. The monoisotopic (exact) mass is 412 g/mol. The van der Waals surface area contributed by atoms with Crippen molar-refractivity contribution in [2.45, 2.75) is 31.8 Å². The van der Waals surface area contributed by atoms with Crippen molar-refractivity contribution in [3.05, 3.63) is 46.8 Å². The highest BCUT2D eigenvalue weighted by Gasteiger charge is 2.42. The Bertz CT molecular complexity index is 951. The topological polar surface area (TPSA) is 70.1 Å². The van der Waals surface area contributed by atoms with Gasteiger partial charge in [-0.3, -0.25) is 9.78 Å². The highest BCUT2D eigenvalue weighted by molar-refractivity contribution is 5.97. The molecule has 2 aromatic rings. The van der Waals surface area contributed by atoms with Crippen molar-refractivity contribution in [1.29, 1.82) is 0 Å². The van der Waals surface area contributed by atoms with Gasteiger partial charge in [-0.25, -0.2) is 0 Å². The van der Waals surface area contributed by atoms with Gasteiger partial charge in [-0.2, -0.15) is 0 Å². The summed E-state index contributed by atoms with van der Waals surface area (Å²) in [5, 5.41) is 0. The van der Waals surface area contributed by atoms with Crippen LogP contribution in [0.3, 0.4) is 0 Å². The molecule has 0 N–H and O–H groups in total. The number of pyridine rings is 1. The van der Waals surface area contributed by atoms with Crippen LogP contribution in [0.15, 0.2) is 24.4 Å². The number of nitrogens with zero attached hydrogens (tertiary/aromatic N) is 2. The van der Waals surface area contributed by atoms with Gasteiger partial charge in [-0.15, -0.1) is 0 Å². The molecule has 7 heteroatoms. The van der Waals surface area contributed by atoms with E-state index in [0.29, 0.717) is 36.8 Å². The number of aromatic nitrogens is 1. The molecule has 3 heterocycles. The molecule has 2 aliphatic rings. The van der Waals surface area contributed by atoms with Crippen molar-refractivity contribution in [2.24, 2.45) is 0 Å². The average Bonchev–Trinajstić information content (AvgIpc) is 2.78. The molecule has 160 valence electrons. The van der Waals surface area contributed by atoms with E-state index in [1.54, 1.807) is 33.6 Å². The largest absolute Gasteiger partial charge is 0.494 e. The Morgan fingerprint density at radius 3 is 2.37 bits per heavy atom. The summed E-state index contributed by atoms with van der Waals surface area (Å²) < 4.78 is 22.7. The molecule has 0 radical (unpaired) electrons. The summed E-state index contributed by atoms with van der Waals surface area (Å²) in [5.74, 6) is 1.91. The fourth-order valence-corrected chi connectivity index (χ4v) is 4.52. The van der Waals surface area contributed by atoms with Crippen LogP contribution in [0.5, 0.6) is 17.2 Å². The van der Waals surface area contributed by atoms with Gasteiger partial charge in [0.2, 0.25) is 0 Å². The highest BCUT2D eigenvalue weighted by atomic mass is 16.5. The van der Waals surface area contributed by atoms with Crippen LogP contribution in [0, 0.1) is 6.92 Å². The average molecular weight is 412 g/mol. The summed E-state index contributed by atoms with van der Waals surface area (Å²) in [6.45, 7) is 3.75. The zero-order valence-corrected chi connectivity index (χ0v) is 18.0. The lowest BCUT2D eigenvalue weighted by molar-refractivity contribution is -0.0936. The molecular formula is C23H28N2O5. The Labute approximate surface area is 176 Å². The Morgan fingerprint density at radius 2 is 1.70 bits per heavy atom. The zero-order valence-electron chi connectivity index (χ0n) is 18.0. The second kappa shape index (κ2) is 8.14. The molecule has 0 bridgehead atoms. The lowest BCUT2D eigenvalue weighted by Gasteiger charge is -2.45. The van der Waals surface area contributed by atoms with Crippen LogP contribution in [0.2, 0.25) is 0 Å². The summed E-state index contributed by atoms with van der Waals surface area (Å²) in [5.41, 5.74) is 3.32. The number of carbonyl (C=O) groups excluding carboxylic acids is 1. The molecule has 30 heavy (non-hydrogen) atoms. The number of aryl methyl sites for hydroxylation is 1. The van der Waals surface area contributed by atoms with E-state index in [1.165, 1.54) is 5.56 Å². The number of likely N-dealkylation sites (tertiary alicyclic amines) is 1. The summed E-state index contributed by atoms with van der Waals surface area (Å²) >= 11 is 0. The van der Waals surface area contributed by atoms with Gasteiger partial charge in [0.05, 0.1) is 45.3 Å². The fraction of sp³-hybridized carbons (Fsp3) is 0.478. The van der Waals surface area contributed by atoms with E-state index >= 15 is 0 Å². The molecule has 1 aromatic carbocycles. The van der Waals surface area contributed by atoms with E-state index in [4.69, 9.17) is 18.9 Å². The maximum Gasteiger partial charge on any atom is 0.257 e. The lowest BCUT2D eigenvalue weighted by Crippen LogP contribution is -2.48. The normalized spacial score (nSPS) is 17.4. The Hall–Kier alpha value is -2.80. The molecule has 0 unspecified atom stereocenters. The number of carbonyl (C=O) groups is 1. The van der Waals surface area contributed by atoms with Gasteiger partial charge in [0.25, 0.3) is 5.91 Å². The highest BCUT2D eigenvalue weighted by Crippen LogP contribution is 2.45. The molecule has 2 aliphatic heterocycles. The standard InChI is InChI=1S/C23H28N2O5/c1-15-11-17(21(29-4)14-24-15)22(26)25-8-6-23(7-9-25)18-13-20(28-3)19(27-2)12-16(18)5-10-30-23/h11-14H,5-10H2,1-4H3. The number of benzene rings is 1. The molecule has 1 spiro atoms. The van der Waals surface area contributed by atoms with Crippen LogP contribution in [0.1, 0.15) is 40.0 Å². The Balaban J connectivity index is 1.58. The maximum atomic E-state index is 13.2. The quantitative estimate of drug-likeness (QED) is 0.769. The molecule has 4 rings (SSSR count). The molecule has 1 fully saturated rings. The fourth-order valence-electron chi connectivity index (χ4n) is 4.52. The van der Waals surface area contributed by atoms with Crippen LogP contribution < -0.4 is 14.2 Å². The molecular weight excluding hydrogens is 384 g/mol. The van der Waals surface area contributed by atoms with E-state index in [9.17, 15) is 4.79 Å². The van der Waals surface area contributed by atoms with E-state index in [1.807, 2.05) is 17.9 Å². The summed E-state index contributed by atoms with van der Waals surface area (Å²) in [6, 6.07) is 5.88. The van der Waals surface area contributed by atoms with Gasteiger partial charge in [-0.05, 0) is 55.5 Å². The van der Waals surface area contributed by atoms with Crippen molar-refractivity contribution in [1.82, 2.24) is 9.88 Å². The van der Waals surface area contributed by atoms with Gasteiger partial charge < -0.3 is 23.8 Å². The minimum atomic E-state index is -0.401. The third kappa shape index (κ3) is 3.47. The number of hydrogen-bond acceptors (Lipinski definition) is 6. The van der Waals surface area contributed by atoms with Crippen molar-refractivity contribution in [2.75, 3.05) is 41.0 Å². The zero-order chi connectivity index (χ0) is 21.3. The van der Waals surface area contributed by atoms with E-state index in [2.05, 4.69) is 11.1 Å². The van der Waals surface area contributed by atoms with Crippen LogP contribution in [0.4, 0.5) is 0 Å². The van der Waals surface area contributed by atoms with Gasteiger partial charge >= 0.3 is 0 Å². The van der Waals surface area contributed by atoms with E-state index < -0.39 is 5.60 Å². The van der Waals surface area contributed by atoms with Crippen LogP contribution >= 0.6 is 0 Å². The number of fused-ring (bicyclic) bond motifs is 2. The van der Waals surface area contributed by atoms with Gasteiger partial charge in [0.15, 0.2) is 11.5 Å². The molecule has 1 saturated heterocycles. The summed E-state index contributed by atoms with van der Waals surface area (Å²) in [6.07, 6.45) is 3.91. The third-order valence-corrected chi connectivity index (χ3v) is 6.16. The Kier molecular flexibility index (Phi) is 5.56. The molecule has 0 aliphatic carbocycles. The lowest BCUT2D eigenvalue weighted by atomic mass is 9.79. The molecule has 0 saturated carbocycles. The maximum absolute atomic E-state index is 13.2. The van der Waals surface area contributed by atoms with Crippen LogP contribution in [-0.4, -0.2) is 56.8 Å². The van der Waals surface area contributed by atoms with Crippen molar-refractivity contribution in [3.8, 4) is 17.2 Å². The minimum Gasteiger partial charge on any atom is -0.494 e. The van der Waals surface area contributed by atoms with Gasteiger partial charge in [-0.1, -0.05) is 0 Å². The molecule has 1 amide bonds. The Morgan fingerprint density at radius 1 is 1.03 bits per heavy atom. The first kappa shape index (κ1) is 20.5. The molecule has 7 nitrogen and oxygen atoms in total. The predicted molar refractivity (Wildman–Crippen MR) is 112 cm³/mol. The molecule has 0 atom stereocenters. The van der Waals surface area contributed by atoms with Crippen molar-refractivity contribution in [3.63, 3.8) is 0 Å². The van der Waals surface area contributed by atoms with Crippen molar-refractivity contribution < 1.29 is 23.7 Å². The minimum absolute atomic E-state index is 0.0319. The van der Waals surface area contributed by atoms with Crippen LogP contribution in [0.25, 0.3) is 0 Å². The summed E-state index contributed by atoms with van der Waals surface area (Å²) in [7, 11) is 4.85. The first-order valence-corrected chi connectivity index (χ1v) is 10.2. The first-order chi connectivity index (χ1) is 14.5. The number of amides is 1. The van der Waals surface area contributed by atoms with E-state index in [0.717, 1.165) is 36.3 Å². The number of methoxy groups -OCH3 is 3. The van der Waals surface area contributed by atoms with Gasteiger partial charge in [0, 0.05) is 18.8 Å². The van der Waals surface area contributed by atoms with E-state index in [-0.39, 0.29) is 5.91 Å². The smallest absolute Gasteiger partial charge is 0.257 e. The second-order valence-electron chi connectivity index (χ2n) is 7.78.